The predicted octanol–water partition coefficient (Wildman–Crippen LogP) is 2.83. The predicted molar refractivity (Wildman–Crippen MR) is 71.9 cm³/mol. The van der Waals surface area contributed by atoms with Gasteiger partial charge in [0.2, 0.25) is 0 Å². The minimum absolute atomic E-state index is 0.0212. The van der Waals surface area contributed by atoms with Crippen LogP contribution in [0.4, 0.5) is 5.69 Å². The van der Waals surface area contributed by atoms with Crippen molar-refractivity contribution in [3.8, 4) is 0 Å². The highest BCUT2D eigenvalue weighted by Crippen LogP contribution is 2.28. The van der Waals surface area contributed by atoms with Crippen molar-refractivity contribution in [2.45, 2.75) is 12.8 Å². The summed E-state index contributed by atoms with van der Waals surface area (Å²) in [4.78, 5) is 22.1. The maximum Gasteiger partial charge on any atom is 0.339 e. The van der Waals surface area contributed by atoms with E-state index in [2.05, 4.69) is 0 Å². The molecule has 1 aliphatic rings. The Kier molecular flexibility index (Phi) is 4.92. The third kappa shape index (κ3) is 3.46. The first kappa shape index (κ1) is 14.7. The minimum Gasteiger partial charge on any atom is -0.462 e. The molecule has 0 saturated carbocycles. The molecule has 1 aliphatic heterocycles. The largest absolute Gasteiger partial charge is 0.462 e. The van der Waals surface area contributed by atoms with Gasteiger partial charge in [0.25, 0.3) is 5.69 Å². The van der Waals surface area contributed by atoms with E-state index in [1.54, 1.807) is 0 Å². The first-order chi connectivity index (χ1) is 9.59. The highest BCUT2D eigenvalue weighted by atomic mass is 35.5. The van der Waals surface area contributed by atoms with Crippen molar-refractivity contribution in [2.75, 3.05) is 19.8 Å². The lowest BCUT2D eigenvalue weighted by Gasteiger charge is -2.21. The summed E-state index contributed by atoms with van der Waals surface area (Å²) < 4.78 is 10.4. The van der Waals surface area contributed by atoms with Crippen LogP contribution in [-0.2, 0) is 9.47 Å². The molecule has 7 heteroatoms. The maximum absolute atomic E-state index is 11.9. The lowest BCUT2D eigenvalue weighted by atomic mass is 10.0. The third-order valence-electron chi connectivity index (χ3n) is 3.19. The number of nitrogens with zero attached hydrogens (tertiary/aromatic N) is 1. The number of hydrogen-bond acceptors (Lipinski definition) is 5. The third-order valence-corrected chi connectivity index (χ3v) is 3.58. The molecule has 0 spiro atoms. The highest BCUT2D eigenvalue weighted by molar-refractivity contribution is 6.35. The standard InChI is InChI=1S/C13H14ClNO5/c14-12-10(2-1-3-11(12)15(17)18)13(16)20-8-9-4-6-19-7-5-9/h1-3,9H,4-8H2. The van der Waals surface area contributed by atoms with Crippen molar-refractivity contribution >= 4 is 23.3 Å². The van der Waals surface area contributed by atoms with Gasteiger partial charge in [0.1, 0.15) is 5.02 Å². The van der Waals surface area contributed by atoms with Gasteiger partial charge in [-0.2, -0.15) is 0 Å². The summed E-state index contributed by atoms with van der Waals surface area (Å²) in [6.45, 7) is 1.61. The Bertz CT molecular complexity index is 513. The van der Waals surface area contributed by atoms with E-state index in [-0.39, 0.29) is 28.8 Å². The lowest BCUT2D eigenvalue weighted by molar-refractivity contribution is -0.384. The van der Waals surface area contributed by atoms with Crippen LogP contribution in [0.5, 0.6) is 0 Å². The Morgan fingerprint density at radius 2 is 2.15 bits per heavy atom. The van der Waals surface area contributed by atoms with Crippen LogP contribution in [0.15, 0.2) is 18.2 Å². The van der Waals surface area contributed by atoms with E-state index in [0.29, 0.717) is 13.2 Å². The molecular weight excluding hydrogens is 286 g/mol. The second-order valence-corrected chi connectivity index (χ2v) is 4.93. The molecule has 0 aliphatic carbocycles. The average molecular weight is 300 g/mol. The van der Waals surface area contributed by atoms with Crippen LogP contribution in [-0.4, -0.2) is 30.7 Å². The van der Waals surface area contributed by atoms with Crippen LogP contribution in [0.2, 0.25) is 5.02 Å². The topological polar surface area (TPSA) is 78.7 Å². The van der Waals surface area contributed by atoms with Crippen LogP contribution < -0.4 is 0 Å². The van der Waals surface area contributed by atoms with Crippen molar-refractivity contribution in [3.63, 3.8) is 0 Å². The molecule has 1 fully saturated rings. The number of nitro benzene ring substituents is 1. The molecular formula is C13H14ClNO5. The van der Waals surface area contributed by atoms with E-state index < -0.39 is 10.9 Å². The molecule has 0 unspecified atom stereocenters. The van der Waals surface area contributed by atoms with Crippen molar-refractivity contribution in [2.24, 2.45) is 5.92 Å². The molecule has 1 aromatic rings. The van der Waals surface area contributed by atoms with Gasteiger partial charge < -0.3 is 9.47 Å². The number of rotatable bonds is 4. The van der Waals surface area contributed by atoms with Crippen LogP contribution in [0.25, 0.3) is 0 Å². The van der Waals surface area contributed by atoms with Crippen molar-refractivity contribution in [1.82, 2.24) is 0 Å². The molecule has 1 aromatic carbocycles. The summed E-state index contributed by atoms with van der Waals surface area (Å²) in [6.07, 6.45) is 1.69. The summed E-state index contributed by atoms with van der Waals surface area (Å²) in [7, 11) is 0. The van der Waals surface area contributed by atoms with E-state index in [1.165, 1.54) is 18.2 Å². The second kappa shape index (κ2) is 6.67. The van der Waals surface area contributed by atoms with Gasteiger partial charge in [0.15, 0.2) is 0 Å². The van der Waals surface area contributed by atoms with Gasteiger partial charge in [-0.3, -0.25) is 10.1 Å². The summed E-state index contributed by atoms with van der Waals surface area (Å²) in [6, 6.07) is 4.08. The number of esters is 1. The number of hydrogen-bond donors (Lipinski definition) is 0. The Hall–Kier alpha value is -1.66. The lowest BCUT2D eigenvalue weighted by Crippen LogP contribution is -2.22. The zero-order valence-electron chi connectivity index (χ0n) is 10.7. The number of benzene rings is 1. The molecule has 0 N–H and O–H groups in total. The first-order valence-corrected chi connectivity index (χ1v) is 6.65. The van der Waals surface area contributed by atoms with Gasteiger partial charge in [-0.25, -0.2) is 4.79 Å². The van der Waals surface area contributed by atoms with Crippen LogP contribution in [0, 0.1) is 16.0 Å². The van der Waals surface area contributed by atoms with Gasteiger partial charge >= 0.3 is 5.97 Å². The van der Waals surface area contributed by atoms with Crippen molar-refractivity contribution < 1.29 is 19.2 Å². The molecule has 1 heterocycles. The van der Waals surface area contributed by atoms with E-state index in [1.807, 2.05) is 0 Å². The summed E-state index contributed by atoms with van der Waals surface area (Å²) in [5.74, 6) is -0.365. The second-order valence-electron chi connectivity index (χ2n) is 4.55. The molecule has 0 radical (unpaired) electrons. The van der Waals surface area contributed by atoms with E-state index in [4.69, 9.17) is 21.1 Å². The fourth-order valence-electron chi connectivity index (χ4n) is 2.00. The van der Waals surface area contributed by atoms with Crippen molar-refractivity contribution in [1.29, 1.82) is 0 Å². The first-order valence-electron chi connectivity index (χ1n) is 6.27. The minimum atomic E-state index is -0.634. The van der Waals surface area contributed by atoms with E-state index in [0.717, 1.165) is 12.8 Å². The quantitative estimate of drug-likeness (QED) is 0.485. The number of carbonyl (C=O) groups is 1. The summed E-state index contributed by atoms with van der Waals surface area (Å²) in [5, 5.41) is 10.6. The summed E-state index contributed by atoms with van der Waals surface area (Å²) >= 11 is 5.86. The van der Waals surface area contributed by atoms with Gasteiger partial charge in [-0.15, -0.1) is 0 Å². The maximum atomic E-state index is 11.9. The van der Waals surface area contributed by atoms with Gasteiger partial charge in [-0.05, 0) is 24.8 Å². The van der Waals surface area contributed by atoms with E-state index >= 15 is 0 Å². The number of ether oxygens (including phenoxy) is 2. The Balaban J connectivity index is 2.01. The van der Waals surface area contributed by atoms with Gasteiger partial charge in [0, 0.05) is 19.3 Å². The molecule has 20 heavy (non-hydrogen) atoms. The zero-order valence-corrected chi connectivity index (χ0v) is 11.5. The van der Waals surface area contributed by atoms with Crippen LogP contribution >= 0.6 is 11.6 Å². The molecule has 6 nitrogen and oxygen atoms in total. The normalized spacial score (nSPS) is 15.8. The van der Waals surface area contributed by atoms with Crippen LogP contribution in [0.1, 0.15) is 23.2 Å². The van der Waals surface area contributed by atoms with Gasteiger partial charge in [-0.1, -0.05) is 17.7 Å². The molecule has 0 atom stereocenters. The molecule has 0 bridgehead atoms. The molecule has 1 saturated heterocycles. The Morgan fingerprint density at radius 1 is 1.45 bits per heavy atom. The number of halogens is 1. The SMILES string of the molecule is O=C(OCC1CCOCC1)c1cccc([N+](=O)[O-])c1Cl. The number of carbonyl (C=O) groups excluding carboxylic acids is 1. The molecule has 0 amide bonds. The Morgan fingerprint density at radius 3 is 2.80 bits per heavy atom. The Labute approximate surface area is 120 Å². The van der Waals surface area contributed by atoms with Crippen LogP contribution in [0.3, 0.4) is 0 Å². The van der Waals surface area contributed by atoms with E-state index in [9.17, 15) is 14.9 Å². The monoisotopic (exact) mass is 299 g/mol. The molecule has 108 valence electrons. The summed E-state index contributed by atoms with van der Waals surface area (Å²) in [5.41, 5.74) is -0.278. The highest BCUT2D eigenvalue weighted by Gasteiger charge is 2.22. The fourth-order valence-corrected chi connectivity index (χ4v) is 2.27. The average Bonchev–Trinajstić information content (AvgIpc) is 2.46. The zero-order chi connectivity index (χ0) is 14.5. The fraction of sp³-hybridized carbons (Fsp3) is 0.462. The van der Waals surface area contributed by atoms with Gasteiger partial charge in [0.05, 0.1) is 17.1 Å². The molecule has 2 rings (SSSR count). The molecule has 0 aromatic heterocycles. The smallest absolute Gasteiger partial charge is 0.339 e. The number of nitro groups is 1. The van der Waals surface area contributed by atoms with Crippen molar-refractivity contribution in [3.05, 3.63) is 38.9 Å².